The molecule has 0 unspecified atom stereocenters. The van der Waals surface area contributed by atoms with Crippen LogP contribution in [0.15, 0.2) is 18.2 Å². The summed E-state index contributed by atoms with van der Waals surface area (Å²) in [7, 11) is 1.51. The van der Waals surface area contributed by atoms with E-state index in [9.17, 15) is 4.79 Å². The number of methoxy groups -OCH3 is 1. The Morgan fingerprint density at radius 1 is 1.45 bits per heavy atom. The maximum Gasteiger partial charge on any atom is 0.295 e. The largest absolute Gasteiger partial charge is 0.495 e. The third kappa shape index (κ3) is 3.08. The zero-order chi connectivity index (χ0) is 14.7. The van der Waals surface area contributed by atoms with Gasteiger partial charge in [-0.25, -0.2) is 4.98 Å². The number of aromatic nitrogens is 3. The number of amides is 1. The number of hydrogen-bond donors (Lipinski definition) is 2. The van der Waals surface area contributed by atoms with Gasteiger partial charge in [0.15, 0.2) is 0 Å². The minimum absolute atomic E-state index is 0.0996. The van der Waals surface area contributed by atoms with Crippen molar-refractivity contribution >= 4 is 23.2 Å². The topological polar surface area (TPSA) is 79.9 Å². The lowest BCUT2D eigenvalue weighted by molar-refractivity contribution is 0.101. The quantitative estimate of drug-likeness (QED) is 0.908. The molecule has 1 heterocycles. The molecule has 6 nitrogen and oxygen atoms in total. The van der Waals surface area contributed by atoms with Gasteiger partial charge in [-0.2, -0.15) is 0 Å². The molecule has 0 saturated carbocycles. The van der Waals surface area contributed by atoms with E-state index in [4.69, 9.17) is 16.3 Å². The second-order valence-electron chi connectivity index (χ2n) is 4.50. The maximum absolute atomic E-state index is 12.0. The van der Waals surface area contributed by atoms with Crippen LogP contribution in [0.4, 0.5) is 5.69 Å². The first-order valence-electron chi connectivity index (χ1n) is 6.08. The lowest BCUT2D eigenvalue weighted by Gasteiger charge is -2.06. The summed E-state index contributed by atoms with van der Waals surface area (Å²) in [5.41, 5.74) is 0.562. The molecule has 0 spiro atoms. The number of carbonyl (C=O) groups excluding carboxylic acids is 1. The molecular weight excluding hydrogens is 280 g/mol. The highest BCUT2D eigenvalue weighted by molar-refractivity contribution is 6.32. The first kappa shape index (κ1) is 14.3. The summed E-state index contributed by atoms with van der Waals surface area (Å²) >= 11 is 5.92. The van der Waals surface area contributed by atoms with Crippen molar-refractivity contribution in [1.29, 1.82) is 0 Å². The minimum atomic E-state index is -0.391. The number of benzene rings is 1. The lowest BCUT2D eigenvalue weighted by atomic mass is 10.2. The molecular formula is C13H15ClN4O2. The predicted molar refractivity (Wildman–Crippen MR) is 76.4 cm³/mol. The summed E-state index contributed by atoms with van der Waals surface area (Å²) in [5.74, 6) is 1.05. The molecule has 0 aliphatic heterocycles. The third-order valence-electron chi connectivity index (χ3n) is 2.66. The van der Waals surface area contributed by atoms with Crippen molar-refractivity contribution in [2.24, 2.45) is 0 Å². The monoisotopic (exact) mass is 294 g/mol. The van der Waals surface area contributed by atoms with Crippen molar-refractivity contribution in [3.63, 3.8) is 0 Å². The van der Waals surface area contributed by atoms with E-state index in [1.807, 2.05) is 13.8 Å². The zero-order valence-electron chi connectivity index (χ0n) is 11.4. The van der Waals surface area contributed by atoms with Gasteiger partial charge in [0.05, 0.1) is 12.1 Å². The summed E-state index contributed by atoms with van der Waals surface area (Å²) in [6, 6.07) is 4.96. The van der Waals surface area contributed by atoms with Crippen molar-refractivity contribution < 1.29 is 9.53 Å². The van der Waals surface area contributed by atoms with Crippen molar-refractivity contribution in [2.75, 3.05) is 12.4 Å². The number of nitrogens with zero attached hydrogens (tertiary/aromatic N) is 2. The number of halogens is 1. The fourth-order valence-electron chi connectivity index (χ4n) is 1.56. The van der Waals surface area contributed by atoms with Crippen molar-refractivity contribution in [3.8, 4) is 5.75 Å². The highest BCUT2D eigenvalue weighted by Crippen LogP contribution is 2.27. The molecule has 20 heavy (non-hydrogen) atoms. The van der Waals surface area contributed by atoms with E-state index < -0.39 is 5.91 Å². The normalized spacial score (nSPS) is 10.7. The molecule has 7 heteroatoms. The van der Waals surface area contributed by atoms with Crippen LogP contribution in [0.5, 0.6) is 5.75 Å². The standard InChI is InChI=1S/C13H15ClN4O2/c1-7(2)11-16-12(18-17-11)13(19)15-8-4-5-9(14)10(6-8)20-3/h4-7H,1-3H3,(H,15,19)(H,16,17,18). The SMILES string of the molecule is COc1cc(NC(=O)c2n[nH]c(C(C)C)n2)ccc1Cl. The molecule has 2 aromatic rings. The van der Waals surface area contributed by atoms with E-state index in [0.717, 1.165) is 0 Å². The highest BCUT2D eigenvalue weighted by atomic mass is 35.5. The highest BCUT2D eigenvalue weighted by Gasteiger charge is 2.14. The molecule has 0 aliphatic carbocycles. The maximum atomic E-state index is 12.0. The first-order chi connectivity index (χ1) is 9.51. The molecule has 106 valence electrons. The number of ether oxygens (including phenoxy) is 1. The third-order valence-corrected chi connectivity index (χ3v) is 2.97. The molecule has 0 aliphatic rings. The van der Waals surface area contributed by atoms with Crippen LogP contribution in [0.1, 0.15) is 36.2 Å². The number of carbonyl (C=O) groups is 1. The van der Waals surface area contributed by atoms with Gasteiger partial charge in [0, 0.05) is 17.7 Å². The van der Waals surface area contributed by atoms with Gasteiger partial charge in [-0.05, 0) is 12.1 Å². The predicted octanol–water partition coefficient (Wildman–Crippen LogP) is 2.84. The van der Waals surface area contributed by atoms with Gasteiger partial charge in [-0.1, -0.05) is 25.4 Å². The summed E-state index contributed by atoms with van der Waals surface area (Å²) in [6.07, 6.45) is 0. The number of anilines is 1. The van der Waals surface area contributed by atoms with Gasteiger partial charge in [-0.3, -0.25) is 9.89 Å². The Morgan fingerprint density at radius 3 is 2.80 bits per heavy atom. The van der Waals surface area contributed by atoms with Gasteiger partial charge in [0.2, 0.25) is 5.82 Å². The van der Waals surface area contributed by atoms with E-state index >= 15 is 0 Å². The average molecular weight is 295 g/mol. The van der Waals surface area contributed by atoms with Crippen LogP contribution in [0.3, 0.4) is 0 Å². The number of nitrogens with one attached hydrogen (secondary N) is 2. The molecule has 0 saturated heterocycles. The molecule has 0 fully saturated rings. The Bertz CT molecular complexity index is 625. The summed E-state index contributed by atoms with van der Waals surface area (Å²) in [5, 5.41) is 9.79. The average Bonchev–Trinajstić information content (AvgIpc) is 2.91. The zero-order valence-corrected chi connectivity index (χ0v) is 12.2. The van der Waals surface area contributed by atoms with Gasteiger partial charge >= 0.3 is 0 Å². The van der Waals surface area contributed by atoms with Crippen LogP contribution in [0.25, 0.3) is 0 Å². The van der Waals surface area contributed by atoms with E-state index in [1.165, 1.54) is 7.11 Å². The Labute approximate surface area is 121 Å². The van der Waals surface area contributed by atoms with Crippen LogP contribution < -0.4 is 10.1 Å². The fourth-order valence-corrected chi connectivity index (χ4v) is 1.75. The van der Waals surface area contributed by atoms with Crippen LogP contribution in [0.2, 0.25) is 5.02 Å². The molecule has 1 aromatic heterocycles. The van der Waals surface area contributed by atoms with E-state index in [-0.39, 0.29) is 11.7 Å². The second-order valence-corrected chi connectivity index (χ2v) is 4.91. The molecule has 2 rings (SSSR count). The summed E-state index contributed by atoms with van der Waals surface area (Å²) in [6.45, 7) is 3.93. The van der Waals surface area contributed by atoms with Gasteiger partial charge in [0.1, 0.15) is 11.6 Å². The number of hydrogen-bond acceptors (Lipinski definition) is 4. The Balaban J connectivity index is 2.14. The molecule has 0 bridgehead atoms. The smallest absolute Gasteiger partial charge is 0.295 e. The minimum Gasteiger partial charge on any atom is -0.495 e. The van der Waals surface area contributed by atoms with E-state index in [0.29, 0.717) is 22.3 Å². The second kappa shape index (κ2) is 5.92. The van der Waals surface area contributed by atoms with Crippen molar-refractivity contribution in [3.05, 3.63) is 34.9 Å². The van der Waals surface area contributed by atoms with Crippen LogP contribution >= 0.6 is 11.6 Å². The van der Waals surface area contributed by atoms with E-state index in [2.05, 4.69) is 20.5 Å². The Hall–Kier alpha value is -2.08. The molecule has 0 radical (unpaired) electrons. The Morgan fingerprint density at radius 2 is 2.20 bits per heavy atom. The molecule has 2 N–H and O–H groups in total. The number of rotatable bonds is 4. The van der Waals surface area contributed by atoms with Crippen LogP contribution in [-0.2, 0) is 0 Å². The van der Waals surface area contributed by atoms with Crippen molar-refractivity contribution in [1.82, 2.24) is 15.2 Å². The molecule has 1 amide bonds. The summed E-state index contributed by atoms with van der Waals surface area (Å²) < 4.78 is 5.09. The van der Waals surface area contributed by atoms with Crippen LogP contribution in [-0.4, -0.2) is 28.2 Å². The number of aromatic amines is 1. The first-order valence-corrected chi connectivity index (χ1v) is 6.46. The van der Waals surface area contributed by atoms with Gasteiger partial charge in [0.25, 0.3) is 5.91 Å². The lowest BCUT2D eigenvalue weighted by Crippen LogP contribution is -2.14. The molecule has 0 atom stereocenters. The van der Waals surface area contributed by atoms with Gasteiger partial charge < -0.3 is 10.1 Å². The van der Waals surface area contributed by atoms with Crippen LogP contribution in [0, 0.1) is 0 Å². The fraction of sp³-hybridized carbons (Fsp3) is 0.308. The molecule has 1 aromatic carbocycles. The van der Waals surface area contributed by atoms with Gasteiger partial charge in [-0.15, -0.1) is 5.10 Å². The number of H-pyrrole nitrogens is 1. The van der Waals surface area contributed by atoms with Crippen molar-refractivity contribution in [2.45, 2.75) is 19.8 Å². The summed E-state index contributed by atoms with van der Waals surface area (Å²) in [4.78, 5) is 16.1. The van der Waals surface area contributed by atoms with E-state index in [1.54, 1.807) is 18.2 Å². The Kier molecular flexibility index (Phi) is 4.24.